The van der Waals surface area contributed by atoms with Crippen molar-refractivity contribution in [1.82, 2.24) is 20.4 Å². The minimum atomic E-state index is 0. The van der Waals surface area contributed by atoms with Gasteiger partial charge in [-0.2, -0.15) is 0 Å². The van der Waals surface area contributed by atoms with Crippen molar-refractivity contribution in [2.75, 3.05) is 53.5 Å². The first kappa shape index (κ1) is 27.4. The van der Waals surface area contributed by atoms with E-state index in [-0.39, 0.29) is 36.4 Å². The van der Waals surface area contributed by atoms with Crippen LogP contribution in [0.15, 0.2) is 4.99 Å². The van der Waals surface area contributed by atoms with Crippen LogP contribution in [0, 0.1) is 5.92 Å². The van der Waals surface area contributed by atoms with Crippen LogP contribution >= 0.6 is 24.0 Å². The Morgan fingerprint density at radius 2 is 1.75 bits per heavy atom. The first-order valence-electron chi connectivity index (χ1n) is 10.5. The predicted molar refractivity (Wildman–Crippen MR) is 128 cm³/mol. The lowest BCUT2D eigenvalue weighted by atomic mass is 9.92. The largest absolute Gasteiger partial charge is 0.379 e. The Labute approximate surface area is 189 Å². The molecule has 1 aliphatic heterocycles. The lowest BCUT2D eigenvalue weighted by Gasteiger charge is -2.39. The average molecular weight is 511 g/mol. The van der Waals surface area contributed by atoms with Gasteiger partial charge in [-0.05, 0) is 19.3 Å². The number of morpholine rings is 1. The van der Waals surface area contributed by atoms with Gasteiger partial charge in [0.2, 0.25) is 5.91 Å². The Morgan fingerprint density at radius 1 is 1.14 bits per heavy atom. The van der Waals surface area contributed by atoms with Crippen molar-refractivity contribution in [2.24, 2.45) is 10.9 Å². The van der Waals surface area contributed by atoms with Gasteiger partial charge in [0.1, 0.15) is 6.54 Å². The van der Waals surface area contributed by atoms with Crippen molar-refractivity contribution in [3.8, 4) is 0 Å². The second-order valence-electron chi connectivity index (χ2n) is 7.58. The third kappa shape index (κ3) is 9.73. The van der Waals surface area contributed by atoms with E-state index in [0.29, 0.717) is 18.0 Å². The lowest BCUT2D eigenvalue weighted by molar-refractivity contribution is -0.127. The maximum Gasteiger partial charge on any atom is 0.243 e. The van der Waals surface area contributed by atoms with Crippen LogP contribution in [0.1, 0.15) is 47.0 Å². The van der Waals surface area contributed by atoms with Gasteiger partial charge in [0.25, 0.3) is 0 Å². The number of aliphatic imine (C=N–C) groups is 1. The van der Waals surface area contributed by atoms with Crippen molar-refractivity contribution >= 4 is 35.8 Å². The molecule has 0 spiro atoms. The molecule has 8 heteroatoms. The van der Waals surface area contributed by atoms with Gasteiger partial charge in [-0.3, -0.25) is 9.69 Å². The molecule has 0 aromatic rings. The van der Waals surface area contributed by atoms with Gasteiger partial charge in [0, 0.05) is 45.8 Å². The number of hydrogen-bond donors (Lipinski definition) is 2. The zero-order chi connectivity index (χ0) is 20.2. The zero-order valence-electron chi connectivity index (χ0n) is 18.7. The molecule has 1 aliphatic rings. The number of halogens is 1. The molecule has 2 unspecified atom stereocenters. The SMILES string of the molecule is CCC(C)NC(=NCC(=O)N(C)C)NCC(C(CC)CC)N1CCOCC1.I. The molecule has 0 aromatic carbocycles. The van der Waals surface area contributed by atoms with E-state index >= 15 is 0 Å². The van der Waals surface area contributed by atoms with Gasteiger partial charge in [-0.25, -0.2) is 4.99 Å². The molecule has 7 nitrogen and oxygen atoms in total. The third-order valence-electron chi connectivity index (χ3n) is 5.45. The minimum absolute atomic E-state index is 0. The highest BCUT2D eigenvalue weighted by Crippen LogP contribution is 2.19. The van der Waals surface area contributed by atoms with Crippen LogP contribution in [-0.4, -0.2) is 87.2 Å². The standard InChI is InChI=1S/C20H41N5O2.HI/c1-7-16(4)23-20(22-15-19(26)24(5)6)21-14-18(17(8-2)9-3)25-10-12-27-13-11-25;/h16-18H,7-15H2,1-6H3,(H2,21,22,23);1H. The summed E-state index contributed by atoms with van der Waals surface area (Å²) in [6.45, 7) is 13.4. The van der Waals surface area contributed by atoms with Crippen LogP contribution in [-0.2, 0) is 9.53 Å². The molecule has 166 valence electrons. The van der Waals surface area contributed by atoms with Crippen LogP contribution in [0.4, 0.5) is 0 Å². The van der Waals surface area contributed by atoms with Crippen molar-refractivity contribution < 1.29 is 9.53 Å². The van der Waals surface area contributed by atoms with E-state index in [0.717, 1.165) is 58.1 Å². The fourth-order valence-corrected chi connectivity index (χ4v) is 3.31. The van der Waals surface area contributed by atoms with Crippen LogP contribution in [0.5, 0.6) is 0 Å². The first-order valence-corrected chi connectivity index (χ1v) is 10.5. The molecule has 0 aromatic heterocycles. The van der Waals surface area contributed by atoms with E-state index in [2.05, 4.69) is 48.2 Å². The number of carbonyl (C=O) groups excluding carboxylic acids is 1. The van der Waals surface area contributed by atoms with Gasteiger partial charge in [-0.15, -0.1) is 24.0 Å². The summed E-state index contributed by atoms with van der Waals surface area (Å²) in [5, 5.41) is 6.93. The molecule has 0 saturated carbocycles. The zero-order valence-corrected chi connectivity index (χ0v) is 21.0. The Hall–Kier alpha value is -0.610. The maximum absolute atomic E-state index is 11.9. The van der Waals surface area contributed by atoms with Gasteiger partial charge in [-0.1, -0.05) is 33.6 Å². The molecule has 28 heavy (non-hydrogen) atoms. The number of nitrogens with one attached hydrogen (secondary N) is 2. The van der Waals surface area contributed by atoms with Crippen molar-refractivity contribution in [3.63, 3.8) is 0 Å². The monoisotopic (exact) mass is 511 g/mol. The molecule has 0 aliphatic carbocycles. The van der Waals surface area contributed by atoms with Crippen LogP contribution < -0.4 is 10.6 Å². The van der Waals surface area contributed by atoms with Crippen molar-refractivity contribution in [3.05, 3.63) is 0 Å². The number of guanidine groups is 1. The molecule has 1 amide bonds. The summed E-state index contributed by atoms with van der Waals surface area (Å²) >= 11 is 0. The summed E-state index contributed by atoms with van der Waals surface area (Å²) in [4.78, 5) is 20.6. The number of amides is 1. The Kier molecular flexibility index (Phi) is 14.9. The topological polar surface area (TPSA) is 69.2 Å². The highest BCUT2D eigenvalue weighted by atomic mass is 127. The number of likely N-dealkylation sites (N-methyl/N-ethyl adjacent to an activating group) is 1. The minimum Gasteiger partial charge on any atom is -0.379 e. The summed E-state index contributed by atoms with van der Waals surface area (Å²) in [6, 6.07) is 0.748. The van der Waals surface area contributed by atoms with Gasteiger partial charge < -0.3 is 20.3 Å². The normalized spacial score (nSPS) is 17.6. The molecule has 1 saturated heterocycles. The van der Waals surface area contributed by atoms with E-state index in [1.54, 1.807) is 19.0 Å². The van der Waals surface area contributed by atoms with Gasteiger partial charge in [0.15, 0.2) is 5.96 Å². The molecule has 1 heterocycles. The third-order valence-corrected chi connectivity index (χ3v) is 5.45. The predicted octanol–water partition coefficient (Wildman–Crippen LogP) is 2.16. The van der Waals surface area contributed by atoms with Crippen LogP contribution in [0.25, 0.3) is 0 Å². The molecule has 0 radical (unpaired) electrons. The lowest BCUT2D eigenvalue weighted by Crippen LogP contribution is -2.54. The quantitative estimate of drug-likeness (QED) is 0.267. The molecule has 2 atom stereocenters. The summed E-state index contributed by atoms with van der Waals surface area (Å²) in [6.07, 6.45) is 3.32. The van der Waals surface area contributed by atoms with E-state index in [4.69, 9.17) is 4.74 Å². The van der Waals surface area contributed by atoms with E-state index < -0.39 is 0 Å². The number of ether oxygens (including phenoxy) is 1. The molecule has 0 bridgehead atoms. The number of rotatable bonds is 10. The van der Waals surface area contributed by atoms with E-state index in [1.807, 2.05) is 0 Å². The number of carbonyl (C=O) groups is 1. The van der Waals surface area contributed by atoms with E-state index in [1.165, 1.54) is 0 Å². The Bertz CT molecular complexity index is 452. The Morgan fingerprint density at radius 3 is 2.25 bits per heavy atom. The second kappa shape index (κ2) is 15.3. The fourth-order valence-electron chi connectivity index (χ4n) is 3.31. The summed E-state index contributed by atoms with van der Waals surface area (Å²) in [5.74, 6) is 1.36. The maximum atomic E-state index is 11.9. The number of nitrogens with zero attached hydrogens (tertiary/aromatic N) is 3. The van der Waals surface area contributed by atoms with Crippen molar-refractivity contribution in [1.29, 1.82) is 0 Å². The highest BCUT2D eigenvalue weighted by molar-refractivity contribution is 14.0. The summed E-state index contributed by atoms with van der Waals surface area (Å²) < 4.78 is 5.54. The average Bonchev–Trinajstić information content (AvgIpc) is 2.68. The molecular weight excluding hydrogens is 469 g/mol. The first-order chi connectivity index (χ1) is 12.9. The van der Waals surface area contributed by atoms with E-state index in [9.17, 15) is 4.79 Å². The summed E-state index contributed by atoms with van der Waals surface area (Å²) in [5.41, 5.74) is 0. The second-order valence-corrected chi connectivity index (χ2v) is 7.58. The molecule has 2 N–H and O–H groups in total. The van der Waals surface area contributed by atoms with Crippen LogP contribution in [0.2, 0.25) is 0 Å². The molecular formula is C20H42IN5O2. The fraction of sp³-hybridized carbons (Fsp3) is 0.900. The smallest absolute Gasteiger partial charge is 0.243 e. The molecule has 1 rings (SSSR count). The number of hydrogen-bond acceptors (Lipinski definition) is 4. The Balaban J connectivity index is 0.00000729. The molecule has 1 fully saturated rings. The van der Waals surface area contributed by atoms with Gasteiger partial charge >= 0.3 is 0 Å². The van der Waals surface area contributed by atoms with Crippen LogP contribution in [0.3, 0.4) is 0 Å². The highest BCUT2D eigenvalue weighted by Gasteiger charge is 2.27. The summed E-state index contributed by atoms with van der Waals surface area (Å²) in [7, 11) is 3.52. The van der Waals surface area contributed by atoms with Gasteiger partial charge in [0.05, 0.1) is 13.2 Å². The van der Waals surface area contributed by atoms with Crippen molar-refractivity contribution in [2.45, 2.75) is 59.0 Å².